The van der Waals surface area contributed by atoms with Crippen LogP contribution in [0.25, 0.3) is 0 Å². The second-order valence-corrected chi connectivity index (χ2v) is 3.94. The van der Waals surface area contributed by atoms with Crippen molar-refractivity contribution in [2.24, 2.45) is 0 Å². The van der Waals surface area contributed by atoms with Crippen molar-refractivity contribution in [1.29, 1.82) is 0 Å². The molecule has 1 unspecified atom stereocenters. The molecule has 1 fully saturated rings. The lowest BCUT2D eigenvalue weighted by Gasteiger charge is -2.24. The summed E-state index contributed by atoms with van der Waals surface area (Å²) in [7, 11) is 0. The predicted molar refractivity (Wildman–Crippen MR) is 57.6 cm³/mol. The van der Waals surface area contributed by atoms with Gasteiger partial charge in [0.15, 0.2) is 11.6 Å². The Labute approximate surface area is 93.3 Å². The average Bonchev–Trinajstić information content (AvgIpc) is 2.77. The van der Waals surface area contributed by atoms with E-state index in [1.165, 1.54) is 12.3 Å². The lowest BCUT2D eigenvalue weighted by Crippen LogP contribution is -2.33. The number of pyridine rings is 1. The van der Waals surface area contributed by atoms with Crippen LogP contribution < -0.4 is 4.90 Å². The van der Waals surface area contributed by atoms with Crippen molar-refractivity contribution in [3.63, 3.8) is 0 Å². The molecular weight excluding hydrogens is 211 g/mol. The van der Waals surface area contributed by atoms with E-state index in [1.54, 1.807) is 4.90 Å². The maximum atomic E-state index is 13.9. The summed E-state index contributed by atoms with van der Waals surface area (Å²) in [5, 5.41) is 18.1. The molecule has 0 aromatic carbocycles. The van der Waals surface area contributed by atoms with E-state index in [2.05, 4.69) is 4.98 Å². The molecule has 16 heavy (non-hydrogen) atoms. The number of hydrogen-bond acceptors (Lipinski definition) is 4. The summed E-state index contributed by atoms with van der Waals surface area (Å²) in [6.45, 7) is 0.369. The Morgan fingerprint density at radius 1 is 1.50 bits per heavy atom. The monoisotopic (exact) mass is 226 g/mol. The Bertz CT molecular complexity index is 373. The molecule has 4 nitrogen and oxygen atoms in total. The Kier molecular flexibility index (Phi) is 3.36. The highest BCUT2D eigenvalue weighted by molar-refractivity contribution is 5.45. The van der Waals surface area contributed by atoms with Crippen molar-refractivity contribution in [2.45, 2.75) is 25.5 Å². The van der Waals surface area contributed by atoms with E-state index in [1.807, 2.05) is 0 Å². The first kappa shape index (κ1) is 11.3. The molecule has 1 aromatic rings. The topological polar surface area (TPSA) is 56.6 Å². The van der Waals surface area contributed by atoms with Gasteiger partial charge in [-0.15, -0.1) is 0 Å². The van der Waals surface area contributed by atoms with Crippen LogP contribution >= 0.6 is 0 Å². The summed E-state index contributed by atoms with van der Waals surface area (Å²) in [6, 6.07) is 1.40. The summed E-state index contributed by atoms with van der Waals surface area (Å²) in [5.41, 5.74) is 0.244. The van der Waals surface area contributed by atoms with Crippen LogP contribution in [0.2, 0.25) is 0 Å². The van der Waals surface area contributed by atoms with Crippen LogP contribution in [0.4, 0.5) is 10.2 Å². The second kappa shape index (κ2) is 4.76. The fourth-order valence-electron chi connectivity index (χ4n) is 2.10. The number of hydrogen-bond donors (Lipinski definition) is 2. The summed E-state index contributed by atoms with van der Waals surface area (Å²) < 4.78 is 13.9. The van der Waals surface area contributed by atoms with Crippen molar-refractivity contribution in [1.82, 2.24) is 4.98 Å². The molecule has 2 heterocycles. The predicted octanol–water partition coefficient (Wildman–Crippen LogP) is 0.674. The van der Waals surface area contributed by atoms with Crippen LogP contribution in [0.1, 0.15) is 18.4 Å². The van der Waals surface area contributed by atoms with Crippen LogP contribution in [-0.4, -0.2) is 34.4 Å². The zero-order valence-corrected chi connectivity index (χ0v) is 8.93. The first-order chi connectivity index (χ1) is 7.77. The van der Waals surface area contributed by atoms with Crippen molar-refractivity contribution >= 4 is 5.82 Å². The highest BCUT2D eigenvalue weighted by atomic mass is 19.1. The third-order valence-electron chi connectivity index (χ3n) is 2.98. The number of aliphatic hydroxyl groups is 2. The van der Waals surface area contributed by atoms with Crippen LogP contribution in [-0.2, 0) is 6.61 Å². The standard InChI is InChI=1S/C11H15FN2O2/c12-10-8(6-15)3-4-13-11(10)14-5-1-2-9(14)7-16/h3-4,9,15-16H,1-2,5-7H2. The Hall–Kier alpha value is -1.20. The molecule has 2 rings (SSSR count). The van der Waals surface area contributed by atoms with Crippen LogP contribution in [0.5, 0.6) is 0 Å². The van der Waals surface area contributed by atoms with Gasteiger partial charge in [-0.3, -0.25) is 0 Å². The second-order valence-electron chi connectivity index (χ2n) is 3.94. The molecular formula is C11H15FN2O2. The molecule has 0 bridgehead atoms. The molecule has 1 aromatic heterocycles. The van der Waals surface area contributed by atoms with Crippen LogP contribution in [0.3, 0.4) is 0 Å². The Balaban J connectivity index is 2.32. The molecule has 1 saturated heterocycles. The van der Waals surface area contributed by atoms with E-state index in [9.17, 15) is 9.50 Å². The largest absolute Gasteiger partial charge is 0.394 e. The lowest BCUT2D eigenvalue weighted by atomic mass is 10.2. The molecule has 0 radical (unpaired) electrons. The number of aliphatic hydroxyl groups excluding tert-OH is 2. The van der Waals surface area contributed by atoms with Gasteiger partial charge in [0.1, 0.15) is 0 Å². The first-order valence-corrected chi connectivity index (χ1v) is 5.39. The van der Waals surface area contributed by atoms with Crippen molar-refractivity contribution in [3.05, 3.63) is 23.6 Å². The molecule has 0 saturated carbocycles. The fraction of sp³-hybridized carbons (Fsp3) is 0.545. The van der Waals surface area contributed by atoms with Crippen molar-refractivity contribution in [2.75, 3.05) is 18.1 Å². The highest BCUT2D eigenvalue weighted by Gasteiger charge is 2.27. The smallest absolute Gasteiger partial charge is 0.171 e. The maximum Gasteiger partial charge on any atom is 0.171 e. The lowest BCUT2D eigenvalue weighted by molar-refractivity contribution is 0.264. The van der Waals surface area contributed by atoms with Gasteiger partial charge >= 0.3 is 0 Å². The third-order valence-corrected chi connectivity index (χ3v) is 2.98. The molecule has 1 atom stereocenters. The van der Waals surface area contributed by atoms with E-state index in [4.69, 9.17) is 5.11 Å². The van der Waals surface area contributed by atoms with Gasteiger partial charge in [-0.25, -0.2) is 9.37 Å². The zero-order valence-electron chi connectivity index (χ0n) is 8.93. The highest BCUT2D eigenvalue weighted by Crippen LogP contribution is 2.27. The van der Waals surface area contributed by atoms with Crippen molar-refractivity contribution < 1.29 is 14.6 Å². The first-order valence-electron chi connectivity index (χ1n) is 5.39. The van der Waals surface area contributed by atoms with Gasteiger partial charge in [-0.2, -0.15) is 0 Å². The van der Waals surface area contributed by atoms with E-state index in [-0.39, 0.29) is 30.6 Å². The number of aromatic nitrogens is 1. The molecule has 0 aliphatic carbocycles. The minimum Gasteiger partial charge on any atom is -0.394 e. The quantitative estimate of drug-likeness (QED) is 0.795. The zero-order chi connectivity index (χ0) is 11.5. The Morgan fingerprint density at radius 3 is 3.00 bits per heavy atom. The average molecular weight is 226 g/mol. The van der Waals surface area contributed by atoms with Gasteiger partial charge < -0.3 is 15.1 Å². The normalized spacial score (nSPS) is 20.4. The van der Waals surface area contributed by atoms with Crippen LogP contribution in [0, 0.1) is 5.82 Å². The van der Waals surface area contributed by atoms with E-state index < -0.39 is 5.82 Å². The van der Waals surface area contributed by atoms with Gasteiger partial charge in [0, 0.05) is 18.3 Å². The minimum absolute atomic E-state index is 0.00444. The summed E-state index contributed by atoms with van der Waals surface area (Å²) in [6.07, 6.45) is 3.26. The molecule has 0 amide bonds. The van der Waals surface area contributed by atoms with Gasteiger partial charge in [0.05, 0.1) is 19.3 Å². The molecule has 2 N–H and O–H groups in total. The van der Waals surface area contributed by atoms with Crippen LogP contribution in [0.15, 0.2) is 12.3 Å². The Morgan fingerprint density at radius 2 is 2.31 bits per heavy atom. The molecule has 5 heteroatoms. The van der Waals surface area contributed by atoms with E-state index in [0.29, 0.717) is 6.54 Å². The number of anilines is 1. The summed E-state index contributed by atoms with van der Waals surface area (Å²) >= 11 is 0. The minimum atomic E-state index is -0.481. The molecule has 0 spiro atoms. The SMILES string of the molecule is OCc1ccnc(N2CCCC2CO)c1F. The number of rotatable bonds is 3. The fourth-order valence-corrected chi connectivity index (χ4v) is 2.10. The van der Waals surface area contributed by atoms with E-state index >= 15 is 0 Å². The summed E-state index contributed by atoms with van der Waals surface area (Å²) in [5.74, 6) is -0.242. The summed E-state index contributed by atoms with van der Waals surface area (Å²) in [4.78, 5) is 5.77. The molecule has 1 aliphatic heterocycles. The number of nitrogens with zero attached hydrogens (tertiary/aromatic N) is 2. The third kappa shape index (κ3) is 1.88. The van der Waals surface area contributed by atoms with Crippen molar-refractivity contribution in [3.8, 4) is 0 Å². The van der Waals surface area contributed by atoms with Gasteiger partial charge in [-0.1, -0.05) is 0 Å². The van der Waals surface area contributed by atoms with E-state index in [0.717, 1.165) is 12.8 Å². The molecule has 1 aliphatic rings. The van der Waals surface area contributed by atoms with Gasteiger partial charge in [0.2, 0.25) is 0 Å². The van der Waals surface area contributed by atoms with Gasteiger partial charge in [-0.05, 0) is 18.9 Å². The van der Waals surface area contributed by atoms with Gasteiger partial charge in [0.25, 0.3) is 0 Å². The molecule has 88 valence electrons. The number of halogens is 1. The maximum absolute atomic E-state index is 13.9.